The van der Waals surface area contributed by atoms with E-state index in [9.17, 15) is 19.2 Å². The van der Waals surface area contributed by atoms with Crippen LogP contribution in [0.4, 0.5) is 4.79 Å². The first-order chi connectivity index (χ1) is 24.0. The molecule has 280 valence electrons. The summed E-state index contributed by atoms with van der Waals surface area (Å²) in [5.74, 6) is -0.585. The van der Waals surface area contributed by atoms with E-state index >= 15 is 0 Å². The minimum Gasteiger partial charge on any atom is -0.491 e. The Bertz CT molecular complexity index is 1550. The van der Waals surface area contributed by atoms with Crippen LogP contribution in [0.25, 0.3) is 0 Å². The highest BCUT2D eigenvalue weighted by Crippen LogP contribution is 2.33. The topological polar surface area (TPSA) is 147 Å². The van der Waals surface area contributed by atoms with Gasteiger partial charge in [-0.25, -0.2) is 4.79 Å². The Morgan fingerprint density at radius 1 is 0.980 bits per heavy atom. The quantitative estimate of drug-likeness (QED) is 0.277. The summed E-state index contributed by atoms with van der Waals surface area (Å²) in [7, 11) is 1.48. The average Bonchev–Trinajstić information content (AvgIpc) is 3.07. The van der Waals surface area contributed by atoms with Crippen LogP contribution in [-0.2, 0) is 43.2 Å². The summed E-state index contributed by atoms with van der Waals surface area (Å²) in [6.07, 6.45) is 2.32. The summed E-state index contributed by atoms with van der Waals surface area (Å²) in [6, 6.07) is 10.8. The van der Waals surface area contributed by atoms with Gasteiger partial charge < -0.3 is 34.9 Å². The Morgan fingerprint density at radius 3 is 2.39 bits per heavy atom. The maximum atomic E-state index is 14.7. The zero-order valence-electron chi connectivity index (χ0n) is 31.4. The Morgan fingerprint density at radius 2 is 1.71 bits per heavy atom. The summed E-state index contributed by atoms with van der Waals surface area (Å²) >= 11 is 0. The van der Waals surface area contributed by atoms with Gasteiger partial charge >= 0.3 is 6.09 Å². The highest BCUT2D eigenvalue weighted by molar-refractivity contribution is 5.94. The molecule has 4 atom stereocenters. The molecule has 2 aromatic rings. The van der Waals surface area contributed by atoms with Crippen LogP contribution in [0.2, 0.25) is 0 Å². The van der Waals surface area contributed by atoms with Gasteiger partial charge in [-0.1, -0.05) is 51.1 Å². The van der Waals surface area contributed by atoms with Gasteiger partial charge in [0.2, 0.25) is 17.7 Å². The third-order valence-corrected chi connectivity index (χ3v) is 9.35. The van der Waals surface area contributed by atoms with Crippen LogP contribution in [0.15, 0.2) is 42.5 Å². The summed E-state index contributed by atoms with van der Waals surface area (Å²) in [5, 5.41) is 15.1. The maximum Gasteiger partial charge on any atom is 0.410 e. The maximum absolute atomic E-state index is 14.7. The van der Waals surface area contributed by atoms with Gasteiger partial charge in [-0.3, -0.25) is 19.3 Å². The van der Waals surface area contributed by atoms with E-state index in [4.69, 9.17) is 19.3 Å². The average molecular weight is 709 g/mol. The van der Waals surface area contributed by atoms with Crippen molar-refractivity contribution in [3.05, 3.63) is 64.7 Å². The molecule has 0 aromatic heterocycles. The Labute approximate surface area is 302 Å². The molecular formula is C39H56N4O8. The number of hydrogen-bond acceptors (Lipinski definition) is 8. The molecule has 0 saturated carbocycles. The van der Waals surface area contributed by atoms with Gasteiger partial charge in [-0.05, 0) is 86.8 Å². The first-order valence-electron chi connectivity index (χ1n) is 17.9. The fourth-order valence-electron chi connectivity index (χ4n) is 6.42. The van der Waals surface area contributed by atoms with Crippen LogP contribution in [-0.4, -0.2) is 95.9 Å². The number of nitrogens with zero attached hydrogens (tertiary/aromatic N) is 2. The molecule has 2 aromatic carbocycles. The number of ether oxygens (including phenoxy) is 3. The molecule has 0 saturated heterocycles. The van der Waals surface area contributed by atoms with Gasteiger partial charge in [0.1, 0.15) is 36.1 Å². The molecule has 1 heterocycles. The molecule has 4 amide bonds. The van der Waals surface area contributed by atoms with Crippen molar-refractivity contribution >= 4 is 23.8 Å². The van der Waals surface area contributed by atoms with Crippen molar-refractivity contribution < 1.29 is 38.5 Å². The summed E-state index contributed by atoms with van der Waals surface area (Å²) in [6.45, 7) is 13.3. The molecular weight excluding hydrogens is 652 g/mol. The highest BCUT2D eigenvalue weighted by Gasteiger charge is 2.43. The molecule has 0 unspecified atom stereocenters. The van der Waals surface area contributed by atoms with E-state index in [0.29, 0.717) is 12.4 Å². The van der Waals surface area contributed by atoms with Crippen LogP contribution >= 0.6 is 0 Å². The molecule has 0 bridgehead atoms. The predicted molar refractivity (Wildman–Crippen MR) is 193 cm³/mol. The first kappa shape index (κ1) is 39.6. The zero-order chi connectivity index (χ0) is 37.5. The second-order valence-electron chi connectivity index (χ2n) is 15.5. The number of fused-ring (bicyclic) bond motifs is 2. The second kappa shape index (κ2) is 16.9. The molecule has 3 N–H and O–H groups in total. The number of carbonyl (C=O) groups is 4. The van der Waals surface area contributed by atoms with Crippen LogP contribution in [0.3, 0.4) is 0 Å². The molecule has 1 aliphatic carbocycles. The first-order valence-corrected chi connectivity index (χ1v) is 17.9. The lowest BCUT2D eigenvalue weighted by Gasteiger charge is -2.42. The van der Waals surface area contributed by atoms with Gasteiger partial charge in [-0.15, -0.1) is 0 Å². The van der Waals surface area contributed by atoms with Gasteiger partial charge in [-0.2, -0.15) is 0 Å². The number of amides is 4. The number of aryl methyl sites for hydroxylation is 1. The molecule has 1 aliphatic heterocycles. The minimum atomic E-state index is -1.02. The lowest BCUT2D eigenvalue weighted by Crippen LogP contribution is -2.62. The minimum absolute atomic E-state index is 0.0694. The van der Waals surface area contributed by atoms with Crippen molar-refractivity contribution in [2.75, 3.05) is 33.5 Å². The lowest BCUT2D eigenvalue weighted by molar-refractivity contribution is -0.147. The normalized spacial score (nSPS) is 18.4. The van der Waals surface area contributed by atoms with Crippen molar-refractivity contribution in [3.63, 3.8) is 0 Å². The van der Waals surface area contributed by atoms with E-state index in [1.165, 1.54) is 17.5 Å². The third-order valence-electron chi connectivity index (χ3n) is 9.35. The number of aliphatic hydroxyl groups is 1. The Hall–Kier alpha value is -4.16. The number of aliphatic hydroxyl groups excluding tert-OH is 1. The fraction of sp³-hybridized carbons (Fsp3) is 0.590. The van der Waals surface area contributed by atoms with Crippen molar-refractivity contribution in [1.29, 1.82) is 0 Å². The molecule has 4 rings (SSSR count). The summed E-state index contributed by atoms with van der Waals surface area (Å²) in [5.41, 5.74) is 2.58. The van der Waals surface area contributed by atoms with Crippen LogP contribution in [0.1, 0.15) is 89.6 Å². The molecule has 0 spiro atoms. The van der Waals surface area contributed by atoms with Crippen molar-refractivity contribution in [2.45, 2.75) is 110 Å². The number of hydrogen-bond donors (Lipinski definition) is 3. The summed E-state index contributed by atoms with van der Waals surface area (Å²) in [4.78, 5) is 58.2. The van der Waals surface area contributed by atoms with Crippen molar-refractivity contribution in [2.24, 2.45) is 5.41 Å². The highest BCUT2D eigenvalue weighted by atomic mass is 16.6. The van der Waals surface area contributed by atoms with Crippen LogP contribution < -0.4 is 15.4 Å². The monoisotopic (exact) mass is 708 g/mol. The fourth-order valence-corrected chi connectivity index (χ4v) is 6.42. The number of rotatable bonds is 12. The zero-order valence-corrected chi connectivity index (χ0v) is 31.4. The second-order valence-corrected chi connectivity index (χ2v) is 15.5. The van der Waals surface area contributed by atoms with E-state index in [0.717, 1.165) is 36.0 Å². The summed E-state index contributed by atoms with van der Waals surface area (Å²) < 4.78 is 16.7. The Kier molecular flexibility index (Phi) is 13.1. The van der Waals surface area contributed by atoms with Crippen molar-refractivity contribution in [1.82, 2.24) is 20.4 Å². The number of carbonyl (C=O) groups excluding carboxylic acids is 4. The molecule has 2 aliphatic rings. The number of likely N-dealkylation sites (N-methyl/N-ethyl adjacent to an activating group) is 1. The van der Waals surface area contributed by atoms with Gasteiger partial charge in [0, 0.05) is 20.0 Å². The van der Waals surface area contributed by atoms with Crippen molar-refractivity contribution in [3.8, 4) is 5.75 Å². The van der Waals surface area contributed by atoms with Gasteiger partial charge in [0.15, 0.2) is 0 Å². The SMILES string of the molecule is C[C@@H](C(=O)N[C@H](C(=O)N1Cc2cc(OCCOCCO)ccc2C[C@H]1C(=O)N[C@@H]1CCCc2ccccc21)C(C)(C)C)N(C)C(=O)OC(C)(C)C. The molecule has 12 nitrogen and oxygen atoms in total. The van der Waals surface area contributed by atoms with E-state index in [1.807, 2.05) is 51.1 Å². The Balaban J connectivity index is 1.61. The largest absolute Gasteiger partial charge is 0.491 e. The van der Waals surface area contributed by atoms with E-state index in [1.54, 1.807) is 32.6 Å². The van der Waals surface area contributed by atoms with Crippen LogP contribution in [0, 0.1) is 5.41 Å². The number of nitrogens with one attached hydrogen (secondary N) is 2. The van der Waals surface area contributed by atoms with E-state index in [2.05, 4.69) is 22.8 Å². The molecule has 51 heavy (non-hydrogen) atoms. The van der Waals surface area contributed by atoms with E-state index < -0.39 is 47.0 Å². The van der Waals surface area contributed by atoms with Gasteiger partial charge in [0.05, 0.1) is 25.9 Å². The molecule has 0 radical (unpaired) electrons. The third kappa shape index (κ3) is 10.4. The van der Waals surface area contributed by atoms with E-state index in [-0.39, 0.29) is 44.7 Å². The van der Waals surface area contributed by atoms with Crippen LogP contribution in [0.5, 0.6) is 5.75 Å². The smallest absolute Gasteiger partial charge is 0.410 e. The van der Waals surface area contributed by atoms with Gasteiger partial charge in [0.25, 0.3) is 0 Å². The predicted octanol–water partition coefficient (Wildman–Crippen LogP) is 4.31. The molecule has 12 heteroatoms. The standard InChI is InChI=1S/C39H56N4O8/c1-25(42(8)37(48)51-39(5,6)7)34(45)41-33(38(2,3)4)36(47)43-24-28-22-29(50-21-20-49-19-18-44)17-16-27(28)23-32(43)35(46)40-31-15-11-13-26-12-9-10-14-30(26)31/h9-10,12,14,16-17,22,25,31-33,44H,11,13,15,18-21,23-24H2,1-8H3,(H,40,46)(H,41,45)/t25-,31+,32-,33+/m0/s1. The lowest BCUT2D eigenvalue weighted by atomic mass is 9.83. The number of benzene rings is 2. The molecule has 0 fully saturated rings.